The first-order chi connectivity index (χ1) is 12.6. The minimum absolute atomic E-state index is 0.158. The summed E-state index contributed by atoms with van der Waals surface area (Å²) >= 11 is 0. The highest BCUT2D eigenvalue weighted by Crippen LogP contribution is 2.50. The van der Waals surface area contributed by atoms with Gasteiger partial charge in [0.05, 0.1) is 5.60 Å². The summed E-state index contributed by atoms with van der Waals surface area (Å²) in [5.74, 6) is 0.395. The molecule has 2 N–H and O–H groups in total. The Bertz CT molecular complexity index is 671. The number of piperidine rings is 1. The lowest BCUT2D eigenvalue weighted by Crippen LogP contribution is -2.58. The Kier molecular flexibility index (Phi) is 6.16. The van der Waals surface area contributed by atoms with Crippen molar-refractivity contribution in [3.05, 3.63) is 71.8 Å². The Balaban J connectivity index is 2.06. The average Bonchev–Trinajstić information content (AvgIpc) is 2.68. The summed E-state index contributed by atoms with van der Waals surface area (Å²) in [5.41, 5.74) is 1.90. The summed E-state index contributed by atoms with van der Waals surface area (Å²) in [6.45, 7) is 6.64. The number of rotatable bonds is 6. The van der Waals surface area contributed by atoms with Crippen LogP contribution in [0.25, 0.3) is 0 Å². The van der Waals surface area contributed by atoms with Crippen LogP contribution in [0.4, 0.5) is 0 Å². The van der Waals surface area contributed by atoms with E-state index in [1.807, 2.05) is 0 Å². The Morgan fingerprint density at radius 3 is 1.88 bits per heavy atom. The zero-order chi connectivity index (χ0) is 18.6. The molecule has 1 aliphatic heterocycles. The first-order valence-electron chi connectivity index (χ1n) is 10.2. The molecule has 2 aromatic rings. The van der Waals surface area contributed by atoms with Gasteiger partial charge in [0.25, 0.3) is 0 Å². The molecule has 2 heteroatoms. The minimum atomic E-state index is -0.656. The SMILES string of the molecule is CCC[C@@H]1[C@@H](c2ccccc2)N[C@H](c2ccccc2)[C@H](C)[C@@]1(O)CCC. The van der Waals surface area contributed by atoms with Gasteiger partial charge < -0.3 is 10.4 Å². The Morgan fingerprint density at radius 1 is 0.846 bits per heavy atom. The van der Waals surface area contributed by atoms with Crippen LogP contribution in [0, 0.1) is 11.8 Å². The highest BCUT2D eigenvalue weighted by atomic mass is 16.3. The summed E-state index contributed by atoms with van der Waals surface area (Å²) < 4.78 is 0. The number of hydrogen-bond donors (Lipinski definition) is 2. The van der Waals surface area contributed by atoms with Crippen LogP contribution >= 0.6 is 0 Å². The van der Waals surface area contributed by atoms with Gasteiger partial charge in [0, 0.05) is 23.9 Å². The normalized spacial score (nSPS) is 31.7. The third-order valence-electron chi connectivity index (χ3n) is 6.26. The van der Waals surface area contributed by atoms with Crippen LogP contribution in [0.3, 0.4) is 0 Å². The van der Waals surface area contributed by atoms with Crippen molar-refractivity contribution >= 4 is 0 Å². The molecular weight excluding hydrogens is 318 g/mol. The van der Waals surface area contributed by atoms with E-state index in [1.165, 1.54) is 11.1 Å². The molecule has 1 saturated heterocycles. The standard InChI is InChI=1S/C24H33NO/c1-4-12-21-23(20-15-10-7-11-16-20)25-22(19-13-8-6-9-14-19)18(3)24(21,26)17-5-2/h6-11,13-16,18,21-23,25-26H,4-5,12,17H2,1-3H3/t18-,21+,22-,23+,24-/m0/s1. The molecular formula is C24H33NO. The van der Waals surface area contributed by atoms with E-state index in [0.29, 0.717) is 0 Å². The Hall–Kier alpha value is -1.64. The smallest absolute Gasteiger partial charge is 0.0737 e. The van der Waals surface area contributed by atoms with Crippen molar-refractivity contribution in [2.75, 3.05) is 0 Å². The maximum atomic E-state index is 12.0. The number of aliphatic hydroxyl groups is 1. The summed E-state index contributed by atoms with van der Waals surface area (Å²) in [6, 6.07) is 21.6. The van der Waals surface area contributed by atoms with E-state index in [-0.39, 0.29) is 23.9 Å². The lowest BCUT2D eigenvalue weighted by atomic mass is 9.62. The van der Waals surface area contributed by atoms with Crippen LogP contribution in [0.2, 0.25) is 0 Å². The zero-order valence-corrected chi connectivity index (χ0v) is 16.4. The topological polar surface area (TPSA) is 32.3 Å². The summed E-state index contributed by atoms with van der Waals surface area (Å²) in [4.78, 5) is 0. The predicted molar refractivity (Wildman–Crippen MR) is 109 cm³/mol. The molecule has 0 aliphatic carbocycles. The highest BCUT2D eigenvalue weighted by molar-refractivity contribution is 5.28. The molecule has 1 heterocycles. The van der Waals surface area contributed by atoms with Crippen molar-refractivity contribution in [2.45, 2.75) is 64.1 Å². The van der Waals surface area contributed by atoms with Gasteiger partial charge in [-0.3, -0.25) is 0 Å². The molecule has 1 fully saturated rings. The fraction of sp³-hybridized carbons (Fsp3) is 0.500. The Labute approximate surface area is 158 Å². The molecule has 5 atom stereocenters. The second-order valence-electron chi connectivity index (χ2n) is 7.87. The summed E-state index contributed by atoms with van der Waals surface area (Å²) in [5, 5.41) is 15.9. The van der Waals surface area contributed by atoms with Crippen molar-refractivity contribution in [1.82, 2.24) is 5.32 Å². The third-order valence-corrected chi connectivity index (χ3v) is 6.26. The van der Waals surface area contributed by atoms with E-state index < -0.39 is 5.60 Å². The molecule has 0 spiro atoms. The molecule has 0 saturated carbocycles. The van der Waals surface area contributed by atoms with Crippen LogP contribution in [-0.4, -0.2) is 10.7 Å². The second kappa shape index (κ2) is 8.37. The van der Waals surface area contributed by atoms with E-state index in [4.69, 9.17) is 0 Å². The van der Waals surface area contributed by atoms with Crippen molar-refractivity contribution in [1.29, 1.82) is 0 Å². The van der Waals surface area contributed by atoms with Gasteiger partial charge in [-0.2, -0.15) is 0 Å². The molecule has 0 unspecified atom stereocenters. The van der Waals surface area contributed by atoms with Gasteiger partial charge in [-0.15, -0.1) is 0 Å². The quantitative estimate of drug-likeness (QED) is 0.704. The molecule has 26 heavy (non-hydrogen) atoms. The maximum absolute atomic E-state index is 12.0. The van der Waals surface area contributed by atoms with Gasteiger partial charge >= 0.3 is 0 Å². The van der Waals surface area contributed by atoms with Crippen molar-refractivity contribution in [3.63, 3.8) is 0 Å². The van der Waals surface area contributed by atoms with Gasteiger partial charge in [0.15, 0.2) is 0 Å². The molecule has 1 aliphatic rings. The molecule has 140 valence electrons. The molecule has 3 rings (SSSR count). The summed E-state index contributed by atoms with van der Waals surface area (Å²) in [6.07, 6.45) is 3.98. The fourth-order valence-corrected chi connectivity index (χ4v) is 4.94. The number of nitrogens with one attached hydrogen (secondary N) is 1. The zero-order valence-electron chi connectivity index (χ0n) is 16.4. The van der Waals surface area contributed by atoms with Crippen LogP contribution in [0.1, 0.15) is 69.7 Å². The monoisotopic (exact) mass is 351 g/mol. The fourth-order valence-electron chi connectivity index (χ4n) is 4.94. The Morgan fingerprint density at radius 2 is 1.38 bits per heavy atom. The largest absolute Gasteiger partial charge is 0.389 e. The van der Waals surface area contributed by atoms with E-state index in [9.17, 15) is 5.11 Å². The molecule has 2 aromatic carbocycles. The summed E-state index contributed by atoms with van der Waals surface area (Å²) in [7, 11) is 0. The molecule has 0 bridgehead atoms. The number of benzene rings is 2. The van der Waals surface area contributed by atoms with Crippen LogP contribution in [0.15, 0.2) is 60.7 Å². The molecule has 2 nitrogen and oxygen atoms in total. The van der Waals surface area contributed by atoms with Crippen LogP contribution < -0.4 is 5.32 Å². The second-order valence-corrected chi connectivity index (χ2v) is 7.87. The van der Waals surface area contributed by atoms with Crippen molar-refractivity contribution in [2.24, 2.45) is 11.8 Å². The van der Waals surface area contributed by atoms with E-state index in [2.05, 4.69) is 86.8 Å². The van der Waals surface area contributed by atoms with Gasteiger partial charge in [-0.05, 0) is 24.0 Å². The third kappa shape index (κ3) is 3.58. The first kappa shape index (κ1) is 19.1. The van der Waals surface area contributed by atoms with Crippen LogP contribution in [-0.2, 0) is 0 Å². The highest BCUT2D eigenvalue weighted by Gasteiger charge is 2.51. The number of hydrogen-bond acceptors (Lipinski definition) is 2. The van der Waals surface area contributed by atoms with Gasteiger partial charge in [0.2, 0.25) is 0 Å². The molecule has 0 radical (unpaired) electrons. The lowest BCUT2D eigenvalue weighted by molar-refractivity contribution is -0.125. The maximum Gasteiger partial charge on any atom is 0.0737 e. The van der Waals surface area contributed by atoms with E-state index in [0.717, 1.165) is 25.7 Å². The predicted octanol–water partition coefficient (Wildman–Crippen LogP) is 5.66. The first-order valence-corrected chi connectivity index (χ1v) is 10.2. The van der Waals surface area contributed by atoms with E-state index in [1.54, 1.807) is 0 Å². The average molecular weight is 352 g/mol. The minimum Gasteiger partial charge on any atom is -0.389 e. The van der Waals surface area contributed by atoms with E-state index >= 15 is 0 Å². The van der Waals surface area contributed by atoms with Gasteiger partial charge in [0.1, 0.15) is 0 Å². The van der Waals surface area contributed by atoms with Gasteiger partial charge in [-0.25, -0.2) is 0 Å². The van der Waals surface area contributed by atoms with Crippen molar-refractivity contribution in [3.8, 4) is 0 Å². The molecule has 0 amide bonds. The molecule has 0 aromatic heterocycles. The van der Waals surface area contributed by atoms with Crippen LogP contribution in [0.5, 0.6) is 0 Å². The van der Waals surface area contributed by atoms with Gasteiger partial charge in [-0.1, -0.05) is 94.3 Å². The lowest BCUT2D eigenvalue weighted by Gasteiger charge is -2.53. The van der Waals surface area contributed by atoms with Crippen molar-refractivity contribution < 1.29 is 5.11 Å².